The third-order valence-electron chi connectivity index (χ3n) is 2.19. The highest BCUT2D eigenvalue weighted by Crippen LogP contribution is 2.17. The summed E-state index contributed by atoms with van der Waals surface area (Å²) in [5, 5.41) is 9.56. The van der Waals surface area contributed by atoms with Crippen LogP contribution in [-0.4, -0.2) is 59.1 Å². The molecule has 0 saturated carbocycles. The van der Waals surface area contributed by atoms with Crippen LogP contribution in [0.5, 0.6) is 0 Å². The summed E-state index contributed by atoms with van der Waals surface area (Å²) >= 11 is 1.26. The van der Waals surface area contributed by atoms with Crippen molar-refractivity contribution in [1.82, 2.24) is 14.3 Å². The number of aliphatic carboxylic acids is 1. The van der Waals surface area contributed by atoms with E-state index in [9.17, 15) is 4.79 Å². The van der Waals surface area contributed by atoms with Gasteiger partial charge in [-0.2, -0.15) is 4.37 Å². The minimum Gasteiger partial charge on any atom is -0.480 e. The van der Waals surface area contributed by atoms with Crippen molar-refractivity contribution in [3.05, 3.63) is 5.82 Å². The number of hydrogen-bond donors (Lipinski definition) is 1. The van der Waals surface area contributed by atoms with Gasteiger partial charge in [-0.25, -0.2) is 4.98 Å². The number of anilines is 1. The Bertz CT molecular complexity index is 367. The fourth-order valence-corrected chi connectivity index (χ4v) is 2.02. The van der Waals surface area contributed by atoms with Crippen LogP contribution in [0.2, 0.25) is 0 Å². The molecule has 96 valence electrons. The fraction of sp³-hybridized carbons (Fsp3) is 0.700. The first-order valence-electron chi connectivity index (χ1n) is 5.47. The predicted molar refractivity (Wildman–Crippen MR) is 67.7 cm³/mol. The van der Waals surface area contributed by atoms with E-state index in [1.54, 1.807) is 4.90 Å². The van der Waals surface area contributed by atoms with Crippen LogP contribution >= 0.6 is 11.5 Å². The number of carboxylic acid groups (broad SMARTS) is 1. The Hall–Kier alpha value is -1.21. The second kappa shape index (κ2) is 6.51. The maximum absolute atomic E-state index is 10.8. The zero-order chi connectivity index (χ0) is 12.8. The molecule has 0 spiro atoms. The van der Waals surface area contributed by atoms with Crippen LogP contribution in [0.25, 0.3) is 0 Å². The number of rotatable bonds is 7. The van der Waals surface area contributed by atoms with Gasteiger partial charge in [-0.15, -0.1) is 0 Å². The number of nitrogens with zero attached hydrogens (tertiary/aromatic N) is 4. The molecule has 1 aromatic rings. The van der Waals surface area contributed by atoms with Crippen molar-refractivity contribution in [2.75, 3.05) is 38.6 Å². The van der Waals surface area contributed by atoms with E-state index in [0.717, 1.165) is 18.8 Å². The Balaban J connectivity index is 2.70. The monoisotopic (exact) mass is 258 g/mol. The van der Waals surface area contributed by atoms with Gasteiger partial charge in [-0.3, -0.25) is 4.79 Å². The van der Waals surface area contributed by atoms with Gasteiger partial charge in [0.05, 0.1) is 0 Å². The molecule has 0 saturated heterocycles. The van der Waals surface area contributed by atoms with Crippen LogP contribution in [0.4, 0.5) is 5.13 Å². The fourth-order valence-electron chi connectivity index (χ4n) is 1.24. The minimum absolute atomic E-state index is 0.0355. The molecule has 0 unspecified atom stereocenters. The lowest BCUT2D eigenvalue weighted by molar-refractivity contribution is -0.135. The van der Waals surface area contributed by atoms with Crippen LogP contribution in [-0.2, 0) is 11.2 Å². The first-order valence-corrected chi connectivity index (χ1v) is 6.24. The zero-order valence-electron chi connectivity index (χ0n) is 10.4. The summed E-state index contributed by atoms with van der Waals surface area (Å²) in [7, 11) is 3.91. The van der Waals surface area contributed by atoms with Gasteiger partial charge in [0, 0.05) is 31.0 Å². The summed E-state index contributed by atoms with van der Waals surface area (Å²) in [4.78, 5) is 18.9. The highest BCUT2D eigenvalue weighted by Gasteiger charge is 2.15. The Morgan fingerprint density at radius 2 is 2.12 bits per heavy atom. The number of hydrogen-bond acceptors (Lipinski definition) is 6. The lowest BCUT2D eigenvalue weighted by Crippen LogP contribution is -2.35. The van der Waals surface area contributed by atoms with Crippen LogP contribution < -0.4 is 4.90 Å². The summed E-state index contributed by atoms with van der Waals surface area (Å²) in [5.74, 6) is -0.0813. The molecule has 6 nitrogen and oxygen atoms in total. The molecule has 0 amide bonds. The molecule has 0 aliphatic heterocycles. The quantitative estimate of drug-likeness (QED) is 0.770. The number of aromatic nitrogens is 2. The lowest BCUT2D eigenvalue weighted by Gasteiger charge is -2.21. The van der Waals surface area contributed by atoms with Crippen molar-refractivity contribution < 1.29 is 9.90 Å². The van der Waals surface area contributed by atoms with Crippen LogP contribution in [0.3, 0.4) is 0 Å². The molecule has 1 aromatic heterocycles. The third-order valence-corrected chi connectivity index (χ3v) is 3.00. The van der Waals surface area contributed by atoms with Crippen molar-refractivity contribution >= 4 is 22.6 Å². The first-order chi connectivity index (χ1) is 8.02. The van der Waals surface area contributed by atoms with E-state index in [1.165, 1.54) is 11.5 Å². The van der Waals surface area contributed by atoms with Crippen molar-refractivity contribution in [2.45, 2.75) is 13.3 Å². The van der Waals surface area contributed by atoms with E-state index in [1.807, 2.05) is 25.9 Å². The van der Waals surface area contributed by atoms with Gasteiger partial charge in [-0.05, 0) is 14.1 Å². The van der Waals surface area contributed by atoms with Gasteiger partial charge in [0.1, 0.15) is 12.4 Å². The number of carbonyl (C=O) groups is 1. The molecule has 17 heavy (non-hydrogen) atoms. The molecular formula is C10H18N4O2S. The summed E-state index contributed by atoms with van der Waals surface area (Å²) in [5.41, 5.74) is 0. The van der Waals surface area contributed by atoms with Crippen LogP contribution in [0, 0.1) is 0 Å². The van der Waals surface area contributed by atoms with E-state index in [4.69, 9.17) is 5.11 Å². The van der Waals surface area contributed by atoms with Gasteiger partial charge < -0.3 is 14.9 Å². The predicted octanol–water partition coefficient (Wildman–Crippen LogP) is 0.553. The normalized spacial score (nSPS) is 10.8. The maximum atomic E-state index is 10.8. The van der Waals surface area contributed by atoms with Crippen molar-refractivity contribution in [1.29, 1.82) is 0 Å². The molecule has 0 aliphatic carbocycles. The molecule has 1 rings (SSSR count). The highest BCUT2D eigenvalue weighted by molar-refractivity contribution is 7.09. The Labute approximate surface area is 105 Å². The molecule has 0 atom stereocenters. The molecular weight excluding hydrogens is 240 g/mol. The Morgan fingerprint density at radius 3 is 2.59 bits per heavy atom. The molecule has 1 heterocycles. The SMILES string of the molecule is CCc1nsc(N(CCN(C)C)CC(=O)O)n1. The van der Waals surface area contributed by atoms with Crippen molar-refractivity contribution in [3.8, 4) is 0 Å². The second-order valence-corrected chi connectivity index (χ2v) is 4.70. The van der Waals surface area contributed by atoms with Crippen molar-refractivity contribution in [2.24, 2.45) is 0 Å². The number of likely N-dealkylation sites (N-methyl/N-ethyl adjacent to an activating group) is 1. The third kappa shape index (κ3) is 4.66. The summed E-state index contributed by atoms with van der Waals surface area (Å²) in [6.07, 6.45) is 0.769. The van der Waals surface area contributed by atoms with Crippen molar-refractivity contribution in [3.63, 3.8) is 0 Å². The lowest BCUT2D eigenvalue weighted by atomic mass is 10.4. The topological polar surface area (TPSA) is 69.6 Å². The standard InChI is InChI=1S/C10H18N4O2S/c1-4-8-11-10(17-12-8)14(7-9(15)16)6-5-13(2)3/h4-7H2,1-3H3,(H,15,16). The van der Waals surface area contributed by atoms with E-state index in [2.05, 4.69) is 9.36 Å². The van der Waals surface area contributed by atoms with Gasteiger partial charge in [0.15, 0.2) is 0 Å². The van der Waals surface area contributed by atoms with Gasteiger partial charge in [0.2, 0.25) is 5.13 Å². The van der Waals surface area contributed by atoms with E-state index in [0.29, 0.717) is 11.7 Å². The number of carboxylic acids is 1. The first kappa shape index (κ1) is 13.9. The molecule has 1 N–H and O–H groups in total. The molecule has 7 heteroatoms. The van der Waals surface area contributed by atoms with Gasteiger partial charge in [0.25, 0.3) is 0 Å². The van der Waals surface area contributed by atoms with Gasteiger partial charge >= 0.3 is 5.97 Å². The molecule has 0 bridgehead atoms. The number of aryl methyl sites for hydroxylation is 1. The average molecular weight is 258 g/mol. The minimum atomic E-state index is -0.850. The van der Waals surface area contributed by atoms with E-state index >= 15 is 0 Å². The van der Waals surface area contributed by atoms with Crippen LogP contribution in [0.15, 0.2) is 0 Å². The molecule has 0 aromatic carbocycles. The summed E-state index contributed by atoms with van der Waals surface area (Å²) < 4.78 is 4.17. The van der Waals surface area contributed by atoms with E-state index in [-0.39, 0.29) is 6.54 Å². The Morgan fingerprint density at radius 1 is 1.41 bits per heavy atom. The molecule has 0 radical (unpaired) electrons. The molecule has 0 aliphatic rings. The van der Waals surface area contributed by atoms with E-state index < -0.39 is 5.97 Å². The zero-order valence-corrected chi connectivity index (χ0v) is 11.2. The largest absolute Gasteiger partial charge is 0.480 e. The molecule has 0 fully saturated rings. The van der Waals surface area contributed by atoms with Crippen LogP contribution in [0.1, 0.15) is 12.7 Å². The van der Waals surface area contributed by atoms with Gasteiger partial charge in [-0.1, -0.05) is 6.92 Å². The maximum Gasteiger partial charge on any atom is 0.323 e. The smallest absolute Gasteiger partial charge is 0.323 e. The Kier molecular flexibility index (Phi) is 5.30. The second-order valence-electron chi connectivity index (χ2n) is 3.97. The highest BCUT2D eigenvalue weighted by atomic mass is 32.1. The summed E-state index contributed by atoms with van der Waals surface area (Å²) in [6.45, 7) is 3.37. The average Bonchev–Trinajstić information content (AvgIpc) is 2.71. The summed E-state index contributed by atoms with van der Waals surface area (Å²) in [6, 6.07) is 0.